The first-order valence-electron chi connectivity index (χ1n) is 9.32. The monoisotopic (exact) mass is 392 g/mol. The van der Waals surface area contributed by atoms with Gasteiger partial charge in [-0.25, -0.2) is 4.39 Å². The number of ketones is 1. The number of hydrogen-bond acceptors (Lipinski definition) is 4. The molecule has 0 saturated heterocycles. The van der Waals surface area contributed by atoms with E-state index in [1.807, 2.05) is 24.3 Å². The van der Waals surface area contributed by atoms with E-state index >= 15 is 4.39 Å². The quantitative estimate of drug-likeness (QED) is 0.590. The van der Waals surface area contributed by atoms with Crippen LogP contribution in [0.15, 0.2) is 48.5 Å². The van der Waals surface area contributed by atoms with Crippen molar-refractivity contribution in [2.75, 3.05) is 21.3 Å². The van der Waals surface area contributed by atoms with Crippen molar-refractivity contribution >= 4 is 5.78 Å². The lowest BCUT2D eigenvalue weighted by Crippen LogP contribution is -1.99. The normalized spacial score (nSPS) is 12.6. The van der Waals surface area contributed by atoms with Gasteiger partial charge in [0.1, 0.15) is 11.6 Å². The van der Waals surface area contributed by atoms with Gasteiger partial charge in [-0.1, -0.05) is 24.3 Å². The molecule has 1 aliphatic carbocycles. The number of ether oxygens (including phenoxy) is 3. The average Bonchev–Trinajstić information content (AvgIpc) is 3.14. The highest BCUT2D eigenvalue weighted by Crippen LogP contribution is 2.40. The Bertz CT molecular complexity index is 1100. The lowest BCUT2D eigenvalue weighted by molar-refractivity contribution is 0.0992. The van der Waals surface area contributed by atoms with Crippen LogP contribution in [0.5, 0.6) is 17.2 Å². The van der Waals surface area contributed by atoms with Crippen molar-refractivity contribution in [2.45, 2.75) is 12.8 Å². The molecular formula is C24H21FO4. The molecule has 5 heteroatoms. The molecule has 0 unspecified atom stereocenters. The predicted octanol–water partition coefficient (Wildman–Crippen LogP) is 5.31. The van der Waals surface area contributed by atoms with E-state index in [1.54, 1.807) is 39.5 Å². The Kier molecular flexibility index (Phi) is 4.97. The molecule has 0 heterocycles. The van der Waals surface area contributed by atoms with Crippen molar-refractivity contribution in [1.82, 2.24) is 0 Å². The van der Waals surface area contributed by atoms with Crippen molar-refractivity contribution < 1.29 is 23.4 Å². The molecule has 3 aromatic rings. The van der Waals surface area contributed by atoms with Crippen molar-refractivity contribution in [1.29, 1.82) is 0 Å². The zero-order chi connectivity index (χ0) is 20.5. The predicted molar refractivity (Wildman–Crippen MR) is 110 cm³/mol. The van der Waals surface area contributed by atoms with Crippen LogP contribution in [0.4, 0.5) is 4.39 Å². The van der Waals surface area contributed by atoms with E-state index in [-0.39, 0.29) is 11.6 Å². The second kappa shape index (κ2) is 7.59. The molecule has 0 spiro atoms. The van der Waals surface area contributed by atoms with E-state index in [0.717, 1.165) is 22.3 Å². The first-order chi connectivity index (χ1) is 14.1. The van der Waals surface area contributed by atoms with Gasteiger partial charge in [0.15, 0.2) is 17.3 Å². The first-order valence-corrected chi connectivity index (χ1v) is 9.32. The van der Waals surface area contributed by atoms with Gasteiger partial charge in [-0.05, 0) is 52.9 Å². The minimum atomic E-state index is -0.344. The zero-order valence-electron chi connectivity index (χ0n) is 16.5. The minimum absolute atomic E-state index is 0.0426. The summed E-state index contributed by atoms with van der Waals surface area (Å²) in [6, 6.07) is 14.2. The summed E-state index contributed by atoms with van der Waals surface area (Å²) in [5.41, 5.74) is 4.20. The topological polar surface area (TPSA) is 44.8 Å². The van der Waals surface area contributed by atoms with Gasteiger partial charge in [0.05, 0.1) is 26.9 Å². The molecule has 4 rings (SSSR count). The molecular weight excluding hydrogens is 371 g/mol. The number of fused-ring (bicyclic) bond motifs is 1. The summed E-state index contributed by atoms with van der Waals surface area (Å²) in [6.45, 7) is 0. The molecule has 29 heavy (non-hydrogen) atoms. The maximum absolute atomic E-state index is 15.1. The lowest BCUT2D eigenvalue weighted by atomic mass is 9.94. The number of hydrogen-bond donors (Lipinski definition) is 0. The highest BCUT2D eigenvalue weighted by molar-refractivity contribution is 6.05. The van der Waals surface area contributed by atoms with Gasteiger partial charge in [0.2, 0.25) is 0 Å². The number of carbonyl (C=O) groups is 1. The SMILES string of the molecule is COc1ccc(-c2ccc(-c3ccc(OC)c4c3CCC4=O)c(F)c2)cc1OC. The largest absolute Gasteiger partial charge is 0.496 e. The minimum Gasteiger partial charge on any atom is -0.496 e. The smallest absolute Gasteiger partial charge is 0.167 e. The van der Waals surface area contributed by atoms with Crippen LogP contribution in [0, 0.1) is 5.82 Å². The van der Waals surface area contributed by atoms with Crippen LogP contribution in [0.2, 0.25) is 0 Å². The number of benzene rings is 3. The first kappa shape index (κ1) is 19.0. The molecule has 4 nitrogen and oxygen atoms in total. The summed E-state index contributed by atoms with van der Waals surface area (Å²) in [5.74, 6) is 1.45. The third kappa shape index (κ3) is 3.23. The Labute approximate surface area is 168 Å². The molecule has 0 radical (unpaired) electrons. The fourth-order valence-corrected chi connectivity index (χ4v) is 3.91. The van der Waals surface area contributed by atoms with Gasteiger partial charge in [0, 0.05) is 12.0 Å². The second-order valence-electron chi connectivity index (χ2n) is 6.86. The summed E-state index contributed by atoms with van der Waals surface area (Å²) >= 11 is 0. The van der Waals surface area contributed by atoms with E-state index in [0.29, 0.717) is 41.2 Å². The van der Waals surface area contributed by atoms with Crippen LogP contribution < -0.4 is 14.2 Å². The van der Waals surface area contributed by atoms with Gasteiger partial charge in [-0.15, -0.1) is 0 Å². The molecule has 0 aliphatic heterocycles. The summed E-state index contributed by atoms with van der Waals surface area (Å²) in [6.07, 6.45) is 1.02. The summed E-state index contributed by atoms with van der Waals surface area (Å²) in [4.78, 5) is 12.3. The summed E-state index contributed by atoms with van der Waals surface area (Å²) < 4.78 is 31.1. The molecule has 0 aromatic heterocycles. The van der Waals surface area contributed by atoms with Crippen molar-refractivity contribution in [3.63, 3.8) is 0 Å². The number of Topliss-reactive ketones (excluding diaryl/α,β-unsaturated/α-hetero) is 1. The molecule has 1 aliphatic rings. The maximum atomic E-state index is 15.1. The van der Waals surface area contributed by atoms with Gasteiger partial charge in [-0.2, -0.15) is 0 Å². The molecule has 0 saturated carbocycles. The molecule has 0 amide bonds. The molecule has 0 bridgehead atoms. The van der Waals surface area contributed by atoms with Crippen molar-refractivity contribution in [3.05, 3.63) is 65.5 Å². The average molecular weight is 392 g/mol. The van der Waals surface area contributed by atoms with Crippen LogP contribution in [0.25, 0.3) is 22.3 Å². The zero-order valence-corrected chi connectivity index (χ0v) is 16.5. The molecule has 0 fully saturated rings. The molecule has 148 valence electrons. The van der Waals surface area contributed by atoms with E-state index < -0.39 is 0 Å². The van der Waals surface area contributed by atoms with Gasteiger partial charge in [0.25, 0.3) is 0 Å². The van der Waals surface area contributed by atoms with Crippen molar-refractivity contribution in [2.24, 2.45) is 0 Å². The Morgan fingerprint density at radius 3 is 2.03 bits per heavy atom. The van der Waals surface area contributed by atoms with Crippen LogP contribution in [0.1, 0.15) is 22.3 Å². The van der Waals surface area contributed by atoms with Crippen LogP contribution in [-0.4, -0.2) is 27.1 Å². The van der Waals surface area contributed by atoms with E-state index in [9.17, 15) is 4.79 Å². The number of halogens is 1. The van der Waals surface area contributed by atoms with Gasteiger partial charge in [-0.3, -0.25) is 4.79 Å². The van der Waals surface area contributed by atoms with E-state index in [4.69, 9.17) is 14.2 Å². The van der Waals surface area contributed by atoms with Crippen LogP contribution >= 0.6 is 0 Å². The Morgan fingerprint density at radius 1 is 0.724 bits per heavy atom. The van der Waals surface area contributed by atoms with E-state index in [2.05, 4.69) is 0 Å². The van der Waals surface area contributed by atoms with Crippen LogP contribution in [-0.2, 0) is 6.42 Å². The molecule has 0 atom stereocenters. The third-order valence-electron chi connectivity index (χ3n) is 5.35. The standard InChI is InChI=1S/C24H21FO4/c1-27-21-10-5-15(13-23(21)29-3)14-4-6-17(19(25)12-14)16-8-11-22(28-2)24-18(16)7-9-20(24)26/h4-6,8,10-13H,7,9H2,1-3H3. The fourth-order valence-electron chi connectivity index (χ4n) is 3.91. The Balaban J connectivity index is 1.77. The fraction of sp³-hybridized carbons (Fsp3) is 0.208. The number of methoxy groups -OCH3 is 3. The van der Waals surface area contributed by atoms with Gasteiger partial charge >= 0.3 is 0 Å². The molecule has 3 aromatic carbocycles. The maximum Gasteiger partial charge on any atom is 0.167 e. The van der Waals surface area contributed by atoms with Crippen molar-refractivity contribution in [3.8, 4) is 39.5 Å². The lowest BCUT2D eigenvalue weighted by Gasteiger charge is -2.14. The van der Waals surface area contributed by atoms with Crippen LogP contribution in [0.3, 0.4) is 0 Å². The molecule has 0 N–H and O–H groups in total. The summed E-state index contributed by atoms with van der Waals surface area (Å²) in [7, 11) is 4.68. The Morgan fingerprint density at radius 2 is 1.34 bits per heavy atom. The third-order valence-corrected chi connectivity index (χ3v) is 5.35. The highest BCUT2D eigenvalue weighted by Gasteiger charge is 2.27. The number of carbonyl (C=O) groups excluding carboxylic acids is 1. The number of rotatable bonds is 5. The second-order valence-corrected chi connectivity index (χ2v) is 6.86. The highest BCUT2D eigenvalue weighted by atomic mass is 19.1. The summed E-state index contributed by atoms with van der Waals surface area (Å²) in [5, 5.41) is 0. The Hall–Kier alpha value is -3.34. The van der Waals surface area contributed by atoms with Gasteiger partial charge < -0.3 is 14.2 Å². The van der Waals surface area contributed by atoms with E-state index in [1.165, 1.54) is 6.07 Å².